The second-order valence-electron chi connectivity index (χ2n) is 7.53. The van der Waals surface area contributed by atoms with Gasteiger partial charge in [-0.25, -0.2) is 4.98 Å². The van der Waals surface area contributed by atoms with Crippen LogP contribution in [0.15, 0.2) is 54.6 Å². The molecule has 1 heterocycles. The molecule has 3 aromatic rings. The molecule has 1 N–H and O–H groups in total. The van der Waals surface area contributed by atoms with Crippen LogP contribution in [0.3, 0.4) is 0 Å². The highest BCUT2D eigenvalue weighted by molar-refractivity contribution is 5.81. The van der Waals surface area contributed by atoms with E-state index in [9.17, 15) is 9.59 Å². The maximum absolute atomic E-state index is 12.7. The third-order valence-corrected chi connectivity index (χ3v) is 5.18. The first-order valence-corrected chi connectivity index (χ1v) is 10.6. The van der Waals surface area contributed by atoms with Crippen molar-refractivity contribution in [3.05, 3.63) is 66.0 Å². The fourth-order valence-corrected chi connectivity index (χ4v) is 3.43. The van der Waals surface area contributed by atoms with E-state index in [1.54, 1.807) is 4.90 Å². The molecular formula is C24H30N4O2. The molecule has 2 amide bonds. The molecule has 0 aliphatic heterocycles. The fourth-order valence-electron chi connectivity index (χ4n) is 3.43. The van der Waals surface area contributed by atoms with E-state index in [0.29, 0.717) is 19.4 Å². The van der Waals surface area contributed by atoms with Gasteiger partial charge in [-0.15, -0.1) is 0 Å². The summed E-state index contributed by atoms with van der Waals surface area (Å²) in [4.78, 5) is 31.4. The van der Waals surface area contributed by atoms with Gasteiger partial charge < -0.3 is 14.8 Å². The maximum atomic E-state index is 12.7. The number of hydrogen-bond acceptors (Lipinski definition) is 3. The molecule has 0 unspecified atom stereocenters. The van der Waals surface area contributed by atoms with Crippen LogP contribution in [0.1, 0.15) is 31.2 Å². The van der Waals surface area contributed by atoms with Crippen LogP contribution >= 0.6 is 0 Å². The van der Waals surface area contributed by atoms with Crippen LogP contribution in [0.25, 0.3) is 11.0 Å². The van der Waals surface area contributed by atoms with E-state index < -0.39 is 0 Å². The van der Waals surface area contributed by atoms with Crippen LogP contribution in [0.4, 0.5) is 0 Å². The predicted octanol–water partition coefficient (Wildman–Crippen LogP) is 3.20. The summed E-state index contributed by atoms with van der Waals surface area (Å²) in [6, 6.07) is 17.5. The zero-order valence-corrected chi connectivity index (χ0v) is 17.8. The summed E-state index contributed by atoms with van der Waals surface area (Å²) in [6.07, 6.45) is 2.98. The number of amides is 2. The number of nitrogens with zero attached hydrogens (tertiary/aromatic N) is 3. The highest BCUT2D eigenvalue weighted by atomic mass is 16.2. The minimum atomic E-state index is -0.0146. The normalized spacial score (nSPS) is 10.9. The lowest BCUT2D eigenvalue weighted by atomic mass is 10.1. The molecule has 6 heteroatoms. The zero-order chi connectivity index (χ0) is 21.3. The minimum Gasteiger partial charge on any atom is -0.355 e. The van der Waals surface area contributed by atoms with Crippen molar-refractivity contribution >= 4 is 22.8 Å². The van der Waals surface area contributed by atoms with Crippen LogP contribution in [-0.2, 0) is 29.0 Å². The molecule has 3 rings (SSSR count). The molecule has 0 fully saturated rings. The summed E-state index contributed by atoms with van der Waals surface area (Å²) < 4.78 is 1.98. The zero-order valence-electron chi connectivity index (χ0n) is 17.8. The van der Waals surface area contributed by atoms with E-state index in [-0.39, 0.29) is 18.4 Å². The number of para-hydroxylation sites is 2. The molecule has 2 aromatic carbocycles. The van der Waals surface area contributed by atoms with Gasteiger partial charge in [0.1, 0.15) is 12.4 Å². The first kappa shape index (κ1) is 21.6. The molecule has 0 atom stereocenters. The Kier molecular flexibility index (Phi) is 7.60. The fraction of sp³-hybridized carbons (Fsp3) is 0.375. The number of benzene rings is 2. The summed E-state index contributed by atoms with van der Waals surface area (Å²) in [7, 11) is 1.85. The number of carbonyl (C=O) groups excluding carboxylic acids is 2. The van der Waals surface area contributed by atoms with Crippen molar-refractivity contribution < 1.29 is 9.59 Å². The Labute approximate surface area is 177 Å². The molecule has 0 saturated heterocycles. The lowest BCUT2D eigenvalue weighted by Crippen LogP contribution is -2.32. The highest BCUT2D eigenvalue weighted by Crippen LogP contribution is 2.17. The molecule has 0 spiro atoms. The average Bonchev–Trinajstić information content (AvgIpc) is 3.10. The topological polar surface area (TPSA) is 67.2 Å². The summed E-state index contributed by atoms with van der Waals surface area (Å²) in [5.41, 5.74) is 2.80. The molecule has 0 aliphatic carbocycles. The van der Waals surface area contributed by atoms with Gasteiger partial charge in [-0.05, 0) is 24.1 Å². The molecule has 158 valence electrons. The predicted molar refractivity (Wildman–Crippen MR) is 119 cm³/mol. The number of likely N-dealkylation sites (N-methyl/N-ethyl adjacent to an activating group) is 1. The number of fused-ring (bicyclic) bond motifs is 1. The molecule has 6 nitrogen and oxygen atoms in total. The molecule has 0 saturated carbocycles. The third kappa shape index (κ3) is 5.69. The van der Waals surface area contributed by atoms with Gasteiger partial charge in [0.25, 0.3) is 0 Å². The smallest absolute Gasteiger partial charge is 0.242 e. The first-order valence-electron chi connectivity index (χ1n) is 10.6. The van der Waals surface area contributed by atoms with Crippen molar-refractivity contribution in [2.45, 2.75) is 39.2 Å². The highest BCUT2D eigenvalue weighted by Gasteiger charge is 2.16. The Balaban J connectivity index is 1.65. The Morgan fingerprint density at radius 3 is 2.57 bits per heavy atom. The number of imidazole rings is 1. The van der Waals surface area contributed by atoms with Crippen LogP contribution in [-0.4, -0.2) is 46.4 Å². The van der Waals surface area contributed by atoms with E-state index in [4.69, 9.17) is 4.98 Å². The van der Waals surface area contributed by atoms with E-state index >= 15 is 0 Å². The Morgan fingerprint density at radius 2 is 1.80 bits per heavy atom. The van der Waals surface area contributed by atoms with Crippen LogP contribution in [0.5, 0.6) is 0 Å². The van der Waals surface area contributed by atoms with Crippen molar-refractivity contribution in [1.82, 2.24) is 19.8 Å². The van der Waals surface area contributed by atoms with E-state index in [1.807, 2.05) is 66.2 Å². The molecule has 0 radical (unpaired) electrons. The van der Waals surface area contributed by atoms with Gasteiger partial charge >= 0.3 is 0 Å². The van der Waals surface area contributed by atoms with E-state index in [2.05, 4.69) is 12.2 Å². The molecule has 0 bridgehead atoms. The van der Waals surface area contributed by atoms with Crippen molar-refractivity contribution in [2.24, 2.45) is 0 Å². The maximum Gasteiger partial charge on any atom is 0.242 e. The monoisotopic (exact) mass is 406 g/mol. The quantitative estimate of drug-likeness (QED) is 0.562. The van der Waals surface area contributed by atoms with Crippen LogP contribution in [0, 0.1) is 0 Å². The van der Waals surface area contributed by atoms with Crippen LogP contribution < -0.4 is 5.32 Å². The van der Waals surface area contributed by atoms with Crippen molar-refractivity contribution in [1.29, 1.82) is 0 Å². The lowest BCUT2D eigenvalue weighted by molar-refractivity contribution is -0.130. The number of rotatable bonds is 10. The van der Waals surface area contributed by atoms with Gasteiger partial charge in [0.05, 0.1) is 17.5 Å². The second-order valence-corrected chi connectivity index (χ2v) is 7.53. The SMILES string of the molecule is CCCCN(C)C(=O)Cn1c(CCNC(=O)Cc2ccccc2)nc2ccccc21. The van der Waals surface area contributed by atoms with Crippen molar-refractivity contribution in [3.8, 4) is 0 Å². The van der Waals surface area contributed by atoms with Gasteiger partial charge in [-0.1, -0.05) is 55.8 Å². The first-order chi connectivity index (χ1) is 14.6. The van der Waals surface area contributed by atoms with Gasteiger partial charge in [0.15, 0.2) is 0 Å². The Morgan fingerprint density at radius 1 is 1.07 bits per heavy atom. The Bertz CT molecular complexity index is 981. The molecule has 0 aliphatic rings. The summed E-state index contributed by atoms with van der Waals surface area (Å²) in [5, 5.41) is 2.97. The number of unbranched alkanes of at least 4 members (excludes halogenated alkanes) is 1. The number of hydrogen-bond donors (Lipinski definition) is 1. The standard InChI is InChI=1S/C24H30N4O2/c1-3-4-16-27(2)24(30)18-28-21-13-9-8-12-20(21)26-22(28)14-15-25-23(29)17-19-10-6-5-7-11-19/h5-13H,3-4,14-18H2,1-2H3,(H,25,29). The molecular weight excluding hydrogens is 376 g/mol. The van der Waals surface area contributed by atoms with Gasteiger partial charge in [-0.2, -0.15) is 0 Å². The Hall–Kier alpha value is -3.15. The van der Waals surface area contributed by atoms with Crippen molar-refractivity contribution in [3.63, 3.8) is 0 Å². The number of carbonyl (C=O) groups is 2. The second kappa shape index (κ2) is 10.6. The third-order valence-electron chi connectivity index (χ3n) is 5.18. The van der Waals surface area contributed by atoms with Gasteiger partial charge in [0.2, 0.25) is 11.8 Å². The van der Waals surface area contributed by atoms with Gasteiger partial charge in [-0.3, -0.25) is 9.59 Å². The van der Waals surface area contributed by atoms with Crippen LogP contribution in [0.2, 0.25) is 0 Å². The van der Waals surface area contributed by atoms with Crippen molar-refractivity contribution in [2.75, 3.05) is 20.1 Å². The summed E-state index contributed by atoms with van der Waals surface area (Å²) in [6.45, 7) is 3.61. The summed E-state index contributed by atoms with van der Waals surface area (Å²) in [5.74, 6) is 0.869. The largest absolute Gasteiger partial charge is 0.355 e. The summed E-state index contributed by atoms with van der Waals surface area (Å²) >= 11 is 0. The number of nitrogens with one attached hydrogen (secondary N) is 1. The number of aromatic nitrogens is 2. The lowest BCUT2D eigenvalue weighted by Gasteiger charge is -2.18. The average molecular weight is 407 g/mol. The van der Waals surface area contributed by atoms with Gasteiger partial charge in [0, 0.05) is 26.6 Å². The minimum absolute atomic E-state index is 0.0146. The van der Waals surface area contributed by atoms with E-state index in [1.165, 1.54) is 0 Å². The molecule has 30 heavy (non-hydrogen) atoms. The van der Waals surface area contributed by atoms with E-state index in [0.717, 1.165) is 41.8 Å². The molecule has 1 aromatic heterocycles.